The van der Waals surface area contributed by atoms with Crippen molar-refractivity contribution >= 4 is 16.6 Å². The number of ketones is 1. The molecule has 1 aromatic heterocycles. The highest BCUT2D eigenvalue weighted by atomic mass is 16.5. The number of rotatable bonds is 4. The van der Waals surface area contributed by atoms with Crippen molar-refractivity contribution in [2.24, 2.45) is 0 Å². The van der Waals surface area contributed by atoms with Gasteiger partial charge < -0.3 is 4.74 Å². The lowest BCUT2D eigenvalue weighted by Crippen LogP contribution is -2.05. The van der Waals surface area contributed by atoms with Crippen LogP contribution in [0.2, 0.25) is 0 Å². The van der Waals surface area contributed by atoms with Gasteiger partial charge in [0.25, 0.3) is 0 Å². The summed E-state index contributed by atoms with van der Waals surface area (Å²) in [5.74, 6) is 0.493. The minimum Gasteiger partial charge on any atom is -0.481 e. The molecule has 0 fully saturated rings. The number of nitrogens with zero attached hydrogens (tertiary/aromatic N) is 2. The van der Waals surface area contributed by atoms with Gasteiger partial charge in [-0.05, 0) is 16.8 Å². The summed E-state index contributed by atoms with van der Waals surface area (Å²) >= 11 is 0. The van der Waals surface area contributed by atoms with Gasteiger partial charge in [0.1, 0.15) is 6.33 Å². The fraction of sp³-hybridized carbons (Fsp3) is 0.118. The molecule has 0 aliphatic heterocycles. The van der Waals surface area contributed by atoms with Crippen LogP contribution in [0.3, 0.4) is 0 Å². The van der Waals surface area contributed by atoms with E-state index in [-0.39, 0.29) is 12.2 Å². The van der Waals surface area contributed by atoms with Crippen LogP contribution in [0.15, 0.2) is 54.9 Å². The van der Waals surface area contributed by atoms with Gasteiger partial charge in [0.15, 0.2) is 5.78 Å². The van der Waals surface area contributed by atoms with Gasteiger partial charge in [-0.1, -0.05) is 36.4 Å². The lowest BCUT2D eigenvalue weighted by Gasteiger charge is -2.04. The Morgan fingerprint density at radius 3 is 2.67 bits per heavy atom. The molecular weight excluding hydrogens is 264 g/mol. The highest BCUT2D eigenvalue weighted by molar-refractivity contribution is 6.00. The molecule has 3 aromatic rings. The summed E-state index contributed by atoms with van der Waals surface area (Å²) in [6.07, 6.45) is 1.64. The van der Waals surface area contributed by atoms with Gasteiger partial charge in [-0.25, -0.2) is 9.97 Å². The molecule has 21 heavy (non-hydrogen) atoms. The molecule has 2 aromatic carbocycles. The van der Waals surface area contributed by atoms with Crippen molar-refractivity contribution in [2.75, 3.05) is 7.11 Å². The molecule has 104 valence electrons. The van der Waals surface area contributed by atoms with Crippen molar-refractivity contribution in [1.29, 1.82) is 0 Å². The summed E-state index contributed by atoms with van der Waals surface area (Å²) in [6, 6.07) is 15.4. The molecule has 0 N–H and O–H groups in total. The topological polar surface area (TPSA) is 52.1 Å². The number of hydrogen-bond acceptors (Lipinski definition) is 4. The van der Waals surface area contributed by atoms with E-state index in [1.54, 1.807) is 6.07 Å². The van der Waals surface area contributed by atoms with Crippen molar-refractivity contribution in [3.63, 3.8) is 0 Å². The highest BCUT2D eigenvalue weighted by Gasteiger charge is 2.09. The zero-order valence-corrected chi connectivity index (χ0v) is 11.6. The van der Waals surface area contributed by atoms with E-state index in [0.29, 0.717) is 17.1 Å². The summed E-state index contributed by atoms with van der Waals surface area (Å²) < 4.78 is 5.04. The van der Waals surface area contributed by atoms with Crippen molar-refractivity contribution in [3.8, 4) is 5.88 Å². The van der Waals surface area contributed by atoms with Crippen LogP contribution in [0.1, 0.15) is 16.1 Å². The maximum atomic E-state index is 12.4. The lowest BCUT2D eigenvalue weighted by atomic mass is 10.0. The molecule has 0 amide bonds. The zero-order valence-electron chi connectivity index (χ0n) is 11.6. The normalized spacial score (nSPS) is 10.5. The highest BCUT2D eigenvalue weighted by Crippen LogP contribution is 2.17. The first kappa shape index (κ1) is 13.2. The smallest absolute Gasteiger partial charge is 0.216 e. The average molecular weight is 278 g/mol. The van der Waals surface area contributed by atoms with E-state index in [4.69, 9.17) is 4.74 Å². The first-order chi connectivity index (χ1) is 10.3. The third-order valence-electron chi connectivity index (χ3n) is 3.32. The Hall–Kier alpha value is -2.75. The maximum Gasteiger partial charge on any atom is 0.216 e. The molecular formula is C17H14N2O2. The Balaban J connectivity index is 1.86. The monoisotopic (exact) mass is 278 g/mol. The second kappa shape index (κ2) is 5.71. The first-order valence-corrected chi connectivity index (χ1v) is 6.63. The van der Waals surface area contributed by atoms with Gasteiger partial charge >= 0.3 is 0 Å². The Morgan fingerprint density at radius 2 is 1.86 bits per heavy atom. The number of hydrogen-bond donors (Lipinski definition) is 0. The summed E-state index contributed by atoms with van der Waals surface area (Å²) in [7, 11) is 1.54. The lowest BCUT2D eigenvalue weighted by molar-refractivity contribution is 0.0992. The van der Waals surface area contributed by atoms with Gasteiger partial charge in [0.2, 0.25) is 5.88 Å². The maximum absolute atomic E-state index is 12.4. The number of ether oxygens (including phenoxy) is 1. The minimum atomic E-state index is 0.0292. The molecule has 4 heteroatoms. The molecule has 1 heterocycles. The summed E-state index contributed by atoms with van der Waals surface area (Å²) in [4.78, 5) is 20.4. The molecule has 0 unspecified atom stereocenters. The third-order valence-corrected chi connectivity index (χ3v) is 3.32. The van der Waals surface area contributed by atoms with Crippen LogP contribution in [0.4, 0.5) is 0 Å². The van der Waals surface area contributed by atoms with Crippen molar-refractivity contribution in [3.05, 3.63) is 66.1 Å². The summed E-state index contributed by atoms with van der Waals surface area (Å²) in [6.45, 7) is 0. The second-order valence-electron chi connectivity index (χ2n) is 4.71. The van der Waals surface area contributed by atoms with Gasteiger partial charge in [0, 0.05) is 11.6 Å². The summed E-state index contributed by atoms with van der Waals surface area (Å²) in [5, 5.41) is 2.18. The Kier molecular flexibility index (Phi) is 3.60. The molecule has 0 radical (unpaired) electrons. The fourth-order valence-corrected chi connectivity index (χ4v) is 2.21. The van der Waals surface area contributed by atoms with Gasteiger partial charge in [-0.15, -0.1) is 0 Å². The molecule has 3 rings (SSSR count). The SMILES string of the molecule is COc1cc(CC(=O)c2ccc3ccccc3c2)ncn1. The standard InChI is InChI=1S/C17H14N2O2/c1-21-17-10-15(18-11-19-17)9-16(20)14-7-6-12-4-2-3-5-13(12)8-14/h2-8,10-11H,9H2,1H3. The molecule has 0 aliphatic carbocycles. The molecule has 0 saturated heterocycles. The average Bonchev–Trinajstić information content (AvgIpc) is 2.54. The van der Waals surface area contributed by atoms with Crippen LogP contribution < -0.4 is 4.74 Å². The van der Waals surface area contributed by atoms with E-state index in [9.17, 15) is 4.79 Å². The van der Waals surface area contributed by atoms with Crippen molar-refractivity contribution < 1.29 is 9.53 Å². The Bertz CT molecular complexity index is 799. The first-order valence-electron chi connectivity index (χ1n) is 6.63. The Labute approximate surface area is 122 Å². The van der Waals surface area contributed by atoms with E-state index in [2.05, 4.69) is 9.97 Å². The van der Waals surface area contributed by atoms with Crippen LogP contribution in [-0.4, -0.2) is 22.9 Å². The number of methoxy groups -OCH3 is 1. The predicted octanol–water partition coefficient (Wildman–Crippen LogP) is 3.06. The minimum absolute atomic E-state index is 0.0292. The molecule has 0 spiro atoms. The third kappa shape index (κ3) is 2.89. The van der Waals surface area contributed by atoms with Gasteiger partial charge in [-0.3, -0.25) is 4.79 Å². The van der Waals surface area contributed by atoms with E-state index in [1.807, 2.05) is 42.5 Å². The second-order valence-corrected chi connectivity index (χ2v) is 4.71. The molecule has 0 saturated carbocycles. The van der Waals surface area contributed by atoms with Crippen LogP contribution in [-0.2, 0) is 6.42 Å². The number of carbonyl (C=O) groups excluding carboxylic acids is 1. The van der Waals surface area contributed by atoms with Crippen LogP contribution in [0.5, 0.6) is 5.88 Å². The number of benzene rings is 2. The summed E-state index contributed by atoms with van der Waals surface area (Å²) in [5.41, 5.74) is 1.34. The van der Waals surface area contributed by atoms with Crippen LogP contribution >= 0.6 is 0 Å². The molecule has 4 nitrogen and oxygen atoms in total. The fourth-order valence-electron chi connectivity index (χ4n) is 2.21. The number of aromatic nitrogens is 2. The van der Waals surface area contributed by atoms with Gasteiger partial charge in [-0.2, -0.15) is 0 Å². The number of Topliss-reactive ketones (excluding diaryl/α,β-unsaturated/α-hetero) is 1. The van der Waals surface area contributed by atoms with Crippen molar-refractivity contribution in [2.45, 2.75) is 6.42 Å². The van der Waals surface area contributed by atoms with E-state index in [1.165, 1.54) is 13.4 Å². The van der Waals surface area contributed by atoms with E-state index in [0.717, 1.165) is 10.8 Å². The van der Waals surface area contributed by atoms with Crippen molar-refractivity contribution in [1.82, 2.24) is 9.97 Å². The van der Waals surface area contributed by atoms with E-state index >= 15 is 0 Å². The van der Waals surface area contributed by atoms with Crippen LogP contribution in [0, 0.1) is 0 Å². The predicted molar refractivity (Wildman–Crippen MR) is 80.6 cm³/mol. The molecule has 0 bridgehead atoms. The number of carbonyl (C=O) groups is 1. The zero-order chi connectivity index (χ0) is 14.7. The Morgan fingerprint density at radius 1 is 1.05 bits per heavy atom. The largest absolute Gasteiger partial charge is 0.481 e. The number of fused-ring (bicyclic) bond motifs is 1. The molecule has 0 atom stereocenters. The van der Waals surface area contributed by atoms with Gasteiger partial charge in [0.05, 0.1) is 19.2 Å². The van der Waals surface area contributed by atoms with E-state index < -0.39 is 0 Å². The quantitative estimate of drug-likeness (QED) is 0.688. The van der Waals surface area contributed by atoms with Crippen LogP contribution in [0.25, 0.3) is 10.8 Å². The molecule has 0 aliphatic rings.